The molecule has 0 aliphatic heterocycles. The Morgan fingerprint density at radius 2 is 1.74 bits per heavy atom. The van der Waals surface area contributed by atoms with Crippen LogP contribution in [0.1, 0.15) is 36.4 Å². The first-order valence-corrected chi connectivity index (χ1v) is 10.2. The molecule has 10 nitrogen and oxygen atoms in total. The van der Waals surface area contributed by atoms with Gasteiger partial charge in [0.15, 0.2) is 17.5 Å². The van der Waals surface area contributed by atoms with E-state index in [1.165, 1.54) is 12.3 Å². The highest BCUT2D eigenvalue weighted by atomic mass is 19.2. The Kier molecular flexibility index (Phi) is 6.61. The number of carboxylic acids is 1. The number of pyridine rings is 1. The number of aliphatic carboxylic acids is 1. The lowest BCUT2D eigenvalue weighted by molar-refractivity contribution is -0.143. The lowest BCUT2D eigenvalue weighted by Crippen LogP contribution is -2.28. The first-order chi connectivity index (χ1) is 16.3. The normalized spacial score (nSPS) is 17.7. The predicted octanol–water partition coefficient (Wildman–Crippen LogP) is 3.90. The van der Waals surface area contributed by atoms with E-state index in [2.05, 4.69) is 25.8 Å². The number of ether oxygens (including phenoxy) is 1. The first kappa shape index (κ1) is 23.0. The molecule has 2 aromatic heterocycles. The molecule has 0 atom stereocenters. The van der Waals surface area contributed by atoms with Crippen LogP contribution in [0.25, 0.3) is 0 Å². The maximum atomic E-state index is 14.4. The van der Waals surface area contributed by atoms with Crippen LogP contribution in [0.2, 0.25) is 0 Å². The van der Waals surface area contributed by atoms with Crippen molar-refractivity contribution in [3.63, 3.8) is 0 Å². The van der Waals surface area contributed by atoms with Crippen LogP contribution in [0.5, 0.6) is 5.88 Å². The van der Waals surface area contributed by atoms with Gasteiger partial charge in [0.2, 0.25) is 0 Å². The molecule has 0 radical (unpaired) electrons. The number of nitrogens with one attached hydrogen (secondary N) is 2. The molecular weight excluding hydrogens is 459 g/mol. The van der Waals surface area contributed by atoms with Crippen LogP contribution in [0.4, 0.5) is 30.6 Å². The molecule has 178 valence electrons. The molecule has 1 fully saturated rings. The second kappa shape index (κ2) is 9.77. The lowest BCUT2D eigenvalue weighted by Gasteiger charge is -2.26. The summed E-state index contributed by atoms with van der Waals surface area (Å²) in [5.74, 6) is -5.79. The van der Waals surface area contributed by atoms with Crippen molar-refractivity contribution in [2.45, 2.75) is 31.8 Å². The van der Waals surface area contributed by atoms with E-state index in [9.17, 15) is 22.8 Å². The van der Waals surface area contributed by atoms with Crippen LogP contribution in [0, 0.1) is 23.4 Å². The molecule has 13 heteroatoms. The summed E-state index contributed by atoms with van der Waals surface area (Å²) < 4.78 is 51.4. The van der Waals surface area contributed by atoms with Crippen LogP contribution >= 0.6 is 0 Å². The fourth-order valence-corrected chi connectivity index (χ4v) is 3.41. The Bertz CT molecular complexity index is 1210. The summed E-state index contributed by atoms with van der Waals surface area (Å²) >= 11 is 0. The van der Waals surface area contributed by atoms with E-state index in [1.54, 1.807) is 0 Å². The Morgan fingerprint density at radius 1 is 1.00 bits per heavy atom. The number of benzene rings is 1. The molecule has 0 bridgehead atoms. The topological polar surface area (TPSA) is 139 Å². The molecule has 0 unspecified atom stereocenters. The van der Waals surface area contributed by atoms with Crippen molar-refractivity contribution in [3.8, 4) is 5.88 Å². The van der Waals surface area contributed by atoms with Crippen molar-refractivity contribution in [1.29, 1.82) is 0 Å². The van der Waals surface area contributed by atoms with Crippen molar-refractivity contribution in [2.75, 3.05) is 10.6 Å². The smallest absolute Gasteiger partial charge is 0.320 e. The molecule has 1 aliphatic rings. The third-order valence-corrected chi connectivity index (χ3v) is 5.16. The number of carbonyl (C=O) groups is 2. The maximum Gasteiger partial charge on any atom is 0.320 e. The number of aromatic nitrogens is 3. The molecule has 3 aromatic rings. The highest BCUT2D eigenvalue weighted by molar-refractivity contribution is 6.00. The van der Waals surface area contributed by atoms with Gasteiger partial charge in [0.25, 0.3) is 5.88 Å². The molecule has 1 aliphatic carbocycles. The van der Waals surface area contributed by atoms with Crippen LogP contribution in [0.15, 0.2) is 34.9 Å². The molecule has 4 rings (SSSR count). The summed E-state index contributed by atoms with van der Waals surface area (Å²) in [5.41, 5.74) is 0.116. The highest BCUT2D eigenvalue weighted by Gasteiger charge is 2.28. The molecule has 0 spiro atoms. The van der Waals surface area contributed by atoms with Crippen molar-refractivity contribution < 1.29 is 37.0 Å². The maximum absolute atomic E-state index is 14.4. The standard InChI is InChI=1S/C21H18F3N5O5/c22-14-6-3-11(7-15(14)23)27-21-29-28-19(34-21)17(30)26-12-8-16(24)18(25-9-12)33-13-4-1-10(2-5-13)20(31)32/h3,6-10,13H,1-2,4-5H2,(H,26,30)(H,27,29)(H,31,32)/t10-,13+. The lowest BCUT2D eigenvalue weighted by atomic mass is 9.87. The number of halogens is 3. The Balaban J connectivity index is 1.34. The number of hydrogen-bond acceptors (Lipinski definition) is 8. The minimum absolute atomic E-state index is 0.00208. The van der Waals surface area contributed by atoms with Crippen LogP contribution in [-0.4, -0.2) is 38.3 Å². The van der Waals surface area contributed by atoms with E-state index in [0.717, 1.165) is 18.2 Å². The second-order valence-corrected chi connectivity index (χ2v) is 7.56. The zero-order chi connectivity index (χ0) is 24.2. The molecule has 0 saturated heterocycles. The van der Waals surface area contributed by atoms with Crippen molar-refractivity contribution in [1.82, 2.24) is 15.2 Å². The number of hydrogen-bond donors (Lipinski definition) is 3. The summed E-state index contributed by atoms with van der Waals surface area (Å²) in [6, 6.07) is 3.76. The third kappa shape index (κ3) is 5.42. The van der Waals surface area contributed by atoms with Gasteiger partial charge < -0.3 is 24.9 Å². The van der Waals surface area contributed by atoms with E-state index in [4.69, 9.17) is 14.3 Å². The highest BCUT2D eigenvalue weighted by Crippen LogP contribution is 2.29. The monoisotopic (exact) mass is 477 g/mol. The Hall–Kier alpha value is -4.16. The molecule has 1 aromatic carbocycles. The van der Waals surface area contributed by atoms with Crippen LogP contribution < -0.4 is 15.4 Å². The van der Waals surface area contributed by atoms with E-state index in [1.807, 2.05) is 0 Å². The van der Waals surface area contributed by atoms with Gasteiger partial charge in [-0.1, -0.05) is 5.10 Å². The van der Waals surface area contributed by atoms with E-state index in [-0.39, 0.29) is 29.4 Å². The van der Waals surface area contributed by atoms with Gasteiger partial charge in [0, 0.05) is 17.8 Å². The van der Waals surface area contributed by atoms with Gasteiger partial charge in [-0.05, 0) is 37.8 Å². The van der Waals surface area contributed by atoms with E-state index >= 15 is 0 Å². The zero-order valence-electron chi connectivity index (χ0n) is 17.4. The minimum Gasteiger partial charge on any atom is -0.481 e. The molecule has 1 amide bonds. The average Bonchev–Trinajstić information content (AvgIpc) is 3.27. The summed E-state index contributed by atoms with van der Waals surface area (Å²) in [5, 5.41) is 21.0. The molecular formula is C21H18F3N5O5. The second-order valence-electron chi connectivity index (χ2n) is 7.56. The fourth-order valence-electron chi connectivity index (χ4n) is 3.41. The molecule has 2 heterocycles. The number of anilines is 3. The predicted molar refractivity (Wildman–Crippen MR) is 110 cm³/mol. The Morgan fingerprint density at radius 3 is 2.41 bits per heavy atom. The van der Waals surface area contributed by atoms with Gasteiger partial charge in [-0.15, -0.1) is 5.10 Å². The van der Waals surface area contributed by atoms with Gasteiger partial charge >= 0.3 is 23.8 Å². The number of carboxylic acid groups (broad SMARTS) is 1. The quantitative estimate of drug-likeness (QED) is 0.462. The van der Waals surface area contributed by atoms with Gasteiger partial charge in [-0.25, -0.2) is 18.2 Å². The Labute approximate surface area is 190 Å². The number of nitrogens with zero attached hydrogens (tertiary/aromatic N) is 3. The summed E-state index contributed by atoms with van der Waals surface area (Å²) in [6.45, 7) is 0. The largest absolute Gasteiger partial charge is 0.481 e. The van der Waals surface area contributed by atoms with Gasteiger partial charge in [0.05, 0.1) is 17.8 Å². The first-order valence-electron chi connectivity index (χ1n) is 10.2. The number of amides is 1. The summed E-state index contributed by atoms with van der Waals surface area (Å²) in [4.78, 5) is 27.2. The molecule has 1 saturated carbocycles. The van der Waals surface area contributed by atoms with Crippen molar-refractivity contribution in [2.24, 2.45) is 5.92 Å². The molecule has 34 heavy (non-hydrogen) atoms. The fraction of sp³-hybridized carbons (Fsp3) is 0.286. The zero-order valence-corrected chi connectivity index (χ0v) is 17.4. The summed E-state index contributed by atoms with van der Waals surface area (Å²) in [6.07, 6.45) is 2.64. The summed E-state index contributed by atoms with van der Waals surface area (Å²) in [7, 11) is 0. The third-order valence-electron chi connectivity index (χ3n) is 5.16. The van der Waals surface area contributed by atoms with Gasteiger partial charge in [-0.2, -0.15) is 0 Å². The SMILES string of the molecule is O=C(Nc1cnc(O[C@H]2CC[C@@H](C(=O)O)CC2)c(F)c1)c1nnc(Nc2ccc(F)c(F)c2)o1. The van der Waals surface area contributed by atoms with Crippen molar-refractivity contribution >= 4 is 29.3 Å². The average molecular weight is 477 g/mol. The van der Waals surface area contributed by atoms with Gasteiger partial charge in [0.1, 0.15) is 6.10 Å². The number of rotatable bonds is 7. The van der Waals surface area contributed by atoms with Crippen LogP contribution in [0.3, 0.4) is 0 Å². The van der Waals surface area contributed by atoms with E-state index < -0.39 is 41.1 Å². The van der Waals surface area contributed by atoms with Crippen LogP contribution in [-0.2, 0) is 4.79 Å². The minimum atomic E-state index is -1.09. The number of carbonyl (C=O) groups excluding carboxylic acids is 1. The van der Waals surface area contributed by atoms with E-state index in [0.29, 0.717) is 25.7 Å². The van der Waals surface area contributed by atoms with Gasteiger partial charge in [-0.3, -0.25) is 9.59 Å². The van der Waals surface area contributed by atoms with Crippen molar-refractivity contribution in [3.05, 3.63) is 53.8 Å². The molecule has 3 N–H and O–H groups in total.